The molecule has 4 nitrogen and oxygen atoms in total. The molecule has 0 aliphatic carbocycles. The molecule has 2 unspecified atom stereocenters. The molecule has 0 spiro atoms. The lowest BCUT2D eigenvalue weighted by atomic mass is 10.0. The van der Waals surface area contributed by atoms with E-state index in [1.807, 2.05) is 0 Å². The smallest absolute Gasteiger partial charge is 0.150 e. The minimum atomic E-state index is 0.231. The van der Waals surface area contributed by atoms with Crippen molar-refractivity contribution in [2.75, 3.05) is 13.2 Å². The van der Waals surface area contributed by atoms with Crippen LogP contribution >= 0.6 is 11.6 Å². The summed E-state index contributed by atoms with van der Waals surface area (Å²) in [4.78, 5) is 4.50. The van der Waals surface area contributed by atoms with Crippen molar-refractivity contribution in [3.05, 3.63) is 16.7 Å². The van der Waals surface area contributed by atoms with Gasteiger partial charge < -0.3 is 15.0 Å². The first-order chi connectivity index (χ1) is 7.75. The second kappa shape index (κ2) is 4.02. The van der Waals surface area contributed by atoms with Crippen molar-refractivity contribution in [1.29, 1.82) is 0 Å². The van der Waals surface area contributed by atoms with E-state index in [4.69, 9.17) is 22.1 Å². The first-order valence-corrected chi connectivity index (χ1v) is 6.21. The van der Waals surface area contributed by atoms with Gasteiger partial charge in [-0.05, 0) is 12.8 Å². The molecule has 1 aromatic heterocycles. The van der Waals surface area contributed by atoms with E-state index in [2.05, 4.69) is 9.55 Å². The van der Waals surface area contributed by atoms with Crippen LogP contribution < -0.4 is 5.73 Å². The quantitative estimate of drug-likeness (QED) is 0.807. The van der Waals surface area contributed by atoms with Crippen LogP contribution in [-0.4, -0.2) is 28.8 Å². The average Bonchev–Trinajstić information content (AvgIpc) is 2.87. The standard InChI is InChI=1S/C11H16ClN3O/c12-10-9-5-8(13)1-3-15(9)11(14-10)7-2-4-16-6-7/h7-8H,1-6,13H2. The summed E-state index contributed by atoms with van der Waals surface area (Å²) in [5, 5.41) is 0.636. The molecule has 2 aliphatic rings. The summed E-state index contributed by atoms with van der Waals surface area (Å²) in [5.74, 6) is 1.52. The van der Waals surface area contributed by atoms with Gasteiger partial charge in [-0.3, -0.25) is 0 Å². The summed E-state index contributed by atoms with van der Waals surface area (Å²) in [6.45, 7) is 2.56. The van der Waals surface area contributed by atoms with E-state index in [1.165, 1.54) is 0 Å². The molecule has 0 aromatic carbocycles. The van der Waals surface area contributed by atoms with Gasteiger partial charge >= 0.3 is 0 Å². The minimum Gasteiger partial charge on any atom is -0.381 e. The molecule has 1 fully saturated rings. The van der Waals surface area contributed by atoms with E-state index in [9.17, 15) is 0 Å². The van der Waals surface area contributed by atoms with Gasteiger partial charge in [-0.2, -0.15) is 0 Å². The zero-order valence-corrected chi connectivity index (χ0v) is 9.91. The topological polar surface area (TPSA) is 53.1 Å². The first-order valence-electron chi connectivity index (χ1n) is 5.84. The third-order valence-electron chi connectivity index (χ3n) is 3.53. The van der Waals surface area contributed by atoms with E-state index < -0.39 is 0 Å². The van der Waals surface area contributed by atoms with Crippen LogP contribution in [0.2, 0.25) is 5.15 Å². The maximum atomic E-state index is 6.18. The molecule has 88 valence electrons. The average molecular weight is 242 g/mol. The predicted molar refractivity (Wildman–Crippen MR) is 61.7 cm³/mol. The molecule has 3 heterocycles. The lowest BCUT2D eigenvalue weighted by Gasteiger charge is -2.23. The number of nitrogens with two attached hydrogens (primary N) is 1. The van der Waals surface area contributed by atoms with Crippen molar-refractivity contribution in [2.45, 2.75) is 37.8 Å². The van der Waals surface area contributed by atoms with E-state index >= 15 is 0 Å². The molecular weight excluding hydrogens is 226 g/mol. The highest BCUT2D eigenvalue weighted by molar-refractivity contribution is 6.30. The van der Waals surface area contributed by atoms with Gasteiger partial charge in [0.25, 0.3) is 0 Å². The highest BCUT2D eigenvalue weighted by Gasteiger charge is 2.28. The molecule has 5 heteroatoms. The van der Waals surface area contributed by atoms with Gasteiger partial charge in [0.1, 0.15) is 5.82 Å². The van der Waals surface area contributed by atoms with Crippen LogP contribution in [0.15, 0.2) is 0 Å². The Hall–Kier alpha value is -0.580. The Morgan fingerprint density at radius 3 is 3.06 bits per heavy atom. The van der Waals surface area contributed by atoms with Gasteiger partial charge in [-0.1, -0.05) is 11.6 Å². The predicted octanol–water partition coefficient (Wildman–Crippen LogP) is 1.31. The van der Waals surface area contributed by atoms with Crippen LogP contribution in [0.5, 0.6) is 0 Å². The van der Waals surface area contributed by atoms with Gasteiger partial charge in [0, 0.05) is 31.5 Å². The number of fused-ring (bicyclic) bond motifs is 1. The molecule has 0 radical (unpaired) electrons. The highest BCUT2D eigenvalue weighted by atomic mass is 35.5. The molecule has 3 rings (SSSR count). The largest absolute Gasteiger partial charge is 0.381 e. The highest BCUT2D eigenvalue weighted by Crippen LogP contribution is 2.31. The maximum absolute atomic E-state index is 6.18. The number of hydrogen-bond donors (Lipinski definition) is 1. The van der Waals surface area contributed by atoms with Crippen LogP contribution in [0.3, 0.4) is 0 Å². The number of imidazole rings is 1. The number of halogens is 1. The number of hydrogen-bond acceptors (Lipinski definition) is 3. The summed E-state index contributed by atoms with van der Waals surface area (Å²) in [5.41, 5.74) is 7.07. The lowest BCUT2D eigenvalue weighted by molar-refractivity contribution is 0.192. The lowest BCUT2D eigenvalue weighted by Crippen LogP contribution is -2.31. The molecule has 16 heavy (non-hydrogen) atoms. The molecule has 0 saturated carbocycles. The Morgan fingerprint density at radius 1 is 1.44 bits per heavy atom. The fourth-order valence-electron chi connectivity index (χ4n) is 2.61. The van der Waals surface area contributed by atoms with Crippen molar-refractivity contribution in [2.24, 2.45) is 5.73 Å². The van der Waals surface area contributed by atoms with E-state index in [1.54, 1.807) is 0 Å². The van der Waals surface area contributed by atoms with Crippen LogP contribution in [0.25, 0.3) is 0 Å². The molecule has 1 saturated heterocycles. The minimum absolute atomic E-state index is 0.231. The zero-order chi connectivity index (χ0) is 11.1. The monoisotopic (exact) mass is 241 g/mol. The summed E-state index contributed by atoms with van der Waals surface area (Å²) >= 11 is 6.18. The van der Waals surface area contributed by atoms with Crippen LogP contribution in [0.4, 0.5) is 0 Å². The molecule has 1 aromatic rings. The van der Waals surface area contributed by atoms with E-state index in [0.29, 0.717) is 11.1 Å². The molecule has 2 aliphatic heterocycles. The molecule has 2 atom stereocenters. The summed E-state index contributed by atoms with van der Waals surface area (Å²) in [6, 6.07) is 0.231. The van der Waals surface area contributed by atoms with Gasteiger partial charge in [-0.25, -0.2) is 4.98 Å². The Bertz CT molecular complexity index is 398. The Kier molecular flexibility index (Phi) is 2.65. The normalized spacial score (nSPS) is 29.4. The number of ether oxygens (including phenoxy) is 1. The SMILES string of the molecule is NC1CCn2c(C3CCOC3)nc(Cl)c2C1. The van der Waals surface area contributed by atoms with Crippen LogP contribution in [0.1, 0.15) is 30.3 Å². The first kappa shape index (κ1) is 10.6. The Balaban J connectivity index is 1.97. The number of nitrogens with zero attached hydrogens (tertiary/aromatic N) is 2. The van der Waals surface area contributed by atoms with Crippen molar-refractivity contribution in [1.82, 2.24) is 9.55 Å². The number of aromatic nitrogens is 2. The second-order valence-electron chi connectivity index (χ2n) is 4.67. The Morgan fingerprint density at radius 2 is 2.31 bits per heavy atom. The summed E-state index contributed by atoms with van der Waals surface area (Å²) < 4.78 is 7.67. The second-order valence-corrected chi connectivity index (χ2v) is 5.03. The van der Waals surface area contributed by atoms with Gasteiger partial charge in [0.2, 0.25) is 0 Å². The zero-order valence-electron chi connectivity index (χ0n) is 9.16. The molecule has 2 N–H and O–H groups in total. The fraction of sp³-hybridized carbons (Fsp3) is 0.727. The van der Waals surface area contributed by atoms with E-state index in [0.717, 1.165) is 50.5 Å². The molecular formula is C11H16ClN3O. The van der Waals surface area contributed by atoms with E-state index in [-0.39, 0.29) is 6.04 Å². The Labute approximate surface area is 99.7 Å². The summed E-state index contributed by atoms with van der Waals surface area (Å²) in [7, 11) is 0. The fourth-order valence-corrected chi connectivity index (χ4v) is 2.88. The van der Waals surface area contributed by atoms with Gasteiger partial charge in [0.05, 0.1) is 12.3 Å². The van der Waals surface area contributed by atoms with Crippen molar-refractivity contribution in [3.63, 3.8) is 0 Å². The summed E-state index contributed by atoms with van der Waals surface area (Å²) in [6.07, 6.45) is 2.92. The maximum Gasteiger partial charge on any atom is 0.150 e. The third-order valence-corrected chi connectivity index (χ3v) is 3.83. The van der Waals surface area contributed by atoms with Gasteiger partial charge in [0.15, 0.2) is 5.15 Å². The van der Waals surface area contributed by atoms with Crippen molar-refractivity contribution in [3.8, 4) is 0 Å². The number of rotatable bonds is 1. The van der Waals surface area contributed by atoms with Gasteiger partial charge in [-0.15, -0.1) is 0 Å². The van der Waals surface area contributed by atoms with Crippen LogP contribution in [0, 0.1) is 0 Å². The molecule has 0 bridgehead atoms. The third kappa shape index (κ3) is 1.65. The van der Waals surface area contributed by atoms with Crippen LogP contribution in [-0.2, 0) is 17.7 Å². The van der Waals surface area contributed by atoms with Crippen molar-refractivity contribution >= 4 is 11.6 Å². The molecule has 0 amide bonds. The van der Waals surface area contributed by atoms with Crippen molar-refractivity contribution < 1.29 is 4.74 Å².